The van der Waals surface area contributed by atoms with Crippen molar-refractivity contribution in [3.05, 3.63) is 467 Å². The van der Waals surface area contributed by atoms with Gasteiger partial charge in [0, 0.05) is 13.0 Å². The Morgan fingerprint density at radius 3 is 0.669 bits per heavy atom. The van der Waals surface area contributed by atoms with Crippen molar-refractivity contribution >= 4 is 5.97 Å². The lowest BCUT2D eigenvalue weighted by atomic mass is 9.94. The van der Waals surface area contributed by atoms with Gasteiger partial charge in [-0.05, 0) is 85.2 Å². The van der Waals surface area contributed by atoms with E-state index in [0.29, 0.717) is 19.3 Å². The van der Waals surface area contributed by atoms with Crippen LogP contribution < -0.4 is 0 Å². The molecule has 0 aromatic heterocycles. The van der Waals surface area contributed by atoms with Gasteiger partial charge in [-0.25, -0.2) is 0 Å². The molecule has 13 aromatic carbocycles. The molecule has 4 aliphatic rings. The molecule has 23 nitrogen and oxygen atoms in total. The van der Waals surface area contributed by atoms with Crippen molar-refractivity contribution in [2.75, 3.05) is 40.1 Å². The van der Waals surface area contributed by atoms with Crippen LogP contribution in [-0.2, 0) is 195 Å². The van der Waals surface area contributed by atoms with Crippen molar-refractivity contribution in [1.29, 1.82) is 0 Å². The molecular weight excluding hydrogens is 1870 g/mol. The van der Waals surface area contributed by atoms with Crippen LogP contribution in [-0.4, -0.2) is 169 Å². The van der Waals surface area contributed by atoms with Crippen LogP contribution in [0.3, 0.4) is 0 Å². The van der Waals surface area contributed by atoms with E-state index in [1.807, 2.05) is 394 Å². The lowest BCUT2D eigenvalue weighted by Crippen LogP contribution is -2.68. The average molecular weight is 2010 g/mol. The number of esters is 1. The monoisotopic (exact) mass is 2010 g/mol. The Balaban J connectivity index is 0.828. The molecule has 0 spiro atoms. The number of hydrogen-bond acceptors (Lipinski definition) is 23. The normalized spacial score (nSPS) is 24.0. The van der Waals surface area contributed by atoms with Crippen molar-refractivity contribution in [2.45, 2.75) is 254 Å². The highest BCUT2D eigenvalue weighted by molar-refractivity contribution is 5.69. The van der Waals surface area contributed by atoms with Gasteiger partial charge in [-0.1, -0.05) is 420 Å². The van der Waals surface area contributed by atoms with E-state index in [-0.39, 0.29) is 125 Å². The van der Waals surface area contributed by atoms with Crippen LogP contribution in [0.15, 0.2) is 394 Å². The Bertz CT molecular complexity index is 5770. The lowest BCUT2D eigenvalue weighted by molar-refractivity contribution is -0.404. The van der Waals surface area contributed by atoms with Crippen molar-refractivity contribution in [3.63, 3.8) is 0 Å². The molecule has 148 heavy (non-hydrogen) atoms. The highest BCUT2D eigenvalue weighted by Crippen LogP contribution is 2.42. The van der Waals surface area contributed by atoms with Crippen molar-refractivity contribution in [2.24, 2.45) is 0 Å². The highest BCUT2D eigenvalue weighted by atomic mass is 16.8. The summed E-state index contributed by atoms with van der Waals surface area (Å²) in [5.74, 6) is -0.226. The van der Waals surface area contributed by atoms with E-state index in [2.05, 4.69) is 0 Å². The van der Waals surface area contributed by atoms with Gasteiger partial charge in [-0.2, -0.15) is 0 Å². The summed E-state index contributed by atoms with van der Waals surface area (Å²) in [6.45, 7) is 1.65. The fourth-order valence-corrected chi connectivity index (χ4v) is 18.9. The van der Waals surface area contributed by atoms with E-state index in [4.69, 9.17) is 104 Å². The first-order valence-corrected chi connectivity index (χ1v) is 51.9. The summed E-state index contributed by atoms with van der Waals surface area (Å²) < 4.78 is 164. The van der Waals surface area contributed by atoms with Crippen LogP contribution in [0.2, 0.25) is 0 Å². The molecule has 20 atom stereocenters. The van der Waals surface area contributed by atoms with Crippen LogP contribution >= 0.6 is 0 Å². The van der Waals surface area contributed by atoms with E-state index in [1.54, 1.807) is 0 Å². The Morgan fingerprint density at radius 1 is 0.189 bits per heavy atom. The molecule has 13 aromatic rings. The first-order chi connectivity index (χ1) is 73.3. The molecule has 0 radical (unpaired) electrons. The molecule has 776 valence electrons. The van der Waals surface area contributed by atoms with Gasteiger partial charge in [-0.3, -0.25) is 4.79 Å². The minimum Gasteiger partial charge on any atom is -0.469 e. The molecule has 0 N–H and O–H groups in total. The molecular formula is C125H138O23. The largest absolute Gasteiger partial charge is 0.469 e. The fraction of sp³-hybridized carbons (Fsp3) is 0.368. The third-order valence-corrected chi connectivity index (χ3v) is 26.7. The quantitative estimate of drug-likeness (QED) is 0.0255. The number of hydrogen-bond donors (Lipinski definition) is 0. The standard InChI is InChI=1S/C125H138O23/c1-127-109(126)73-45-4-2-3-5-46-74-131-122-120(141-87-104-71-43-18-44-72-104)117(113(135-81-98-59-31-12-32-60-98)108(144-122)91-142-123-118(139-85-102-67-39-16-40-68-102)114(136-82-99-61-33-13-34-62-99)110(132-78-95-53-25-9-26-54-95)105(143-123)88-128-75-92-47-19-6-20-48-92)147-125-121(116(138-84-101-65-37-15-38-66-101)112(134-80-97-57-29-11-30-58-97)107(146-125)90-130-77-94-51-23-8-24-52-94)148-124-119(140-86-103-69-41-17-42-70-103)115(137-83-100-63-35-14-36-64-100)111(133-79-96-55-27-10-28-56-96)106(145-124)89-129-76-93-49-21-7-22-50-93/h6-44,47-72,105-108,110-125H,2-5,45-46,73-91H2,1H3/t105-,106-,107-,108-,110-,111-,112-,113-,114+,115+,116+,117+,118+,119+,120+,121+,122-,123+,124-,125-/m1/s1. The zero-order chi connectivity index (χ0) is 101. The van der Waals surface area contributed by atoms with Gasteiger partial charge in [0.1, 0.15) is 97.7 Å². The van der Waals surface area contributed by atoms with Crippen molar-refractivity contribution in [1.82, 2.24) is 0 Å². The zero-order valence-electron chi connectivity index (χ0n) is 84.1. The Labute approximate surface area is 870 Å². The molecule has 0 amide bonds. The van der Waals surface area contributed by atoms with Crippen LogP contribution in [0.5, 0.6) is 0 Å². The topological polar surface area (TPSA) is 220 Å². The number of carbonyl (C=O) groups is 1. The van der Waals surface area contributed by atoms with Crippen LogP contribution in [0.4, 0.5) is 0 Å². The van der Waals surface area contributed by atoms with Crippen molar-refractivity contribution in [3.8, 4) is 0 Å². The van der Waals surface area contributed by atoms with Crippen LogP contribution in [0.1, 0.15) is 117 Å². The van der Waals surface area contributed by atoms with Gasteiger partial charge >= 0.3 is 5.97 Å². The van der Waals surface area contributed by atoms with Gasteiger partial charge in [0.25, 0.3) is 0 Å². The van der Waals surface area contributed by atoms with Gasteiger partial charge < -0.3 is 104 Å². The van der Waals surface area contributed by atoms with Gasteiger partial charge in [0.2, 0.25) is 0 Å². The molecule has 0 aliphatic carbocycles. The van der Waals surface area contributed by atoms with Crippen molar-refractivity contribution < 1.29 is 109 Å². The van der Waals surface area contributed by atoms with Gasteiger partial charge in [0.15, 0.2) is 25.2 Å². The van der Waals surface area contributed by atoms with E-state index in [9.17, 15) is 4.79 Å². The minimum absolute atomic E-state index is 0.00715. The molecule has 17 rings (SSSR count). The lowest BCUT2D eigenvalue weighted by Gasteiger charge is -2.52. The zero-order valence-corrected chi connectivity index (χ0v) is 84.1. The summed E-state index contributed by atoms with van der Waals surface area (Å²) >= 11 is 0. The fourth-order valence-electron chi connectivity index (χ4n) is 18.9. The van der Waals surface area contributed by atoms with Gasteiger partial charge in [0.05, 0.1) is 119 Å². The Morgan fingerprint density at radius 2 is 0.385 bits per heavy atom. The summed E-state index contributed by atoms with van der Waals surface area (Å²) in [6.07, 6.45) is -17.5. The molecule has 4 saturated heterocycles. The third-order valence-electron chi connectivity index (χ3n) is 26.7. The number of methoxy groups -OCH3 is 1. The number of rotatable bonds is 59. The van der Waals surface area contributed by atoms with E-state index in [1.165, 1.54) is 7.11 Å². The summed E-state index contributed by atoms with van der Waals surface area (Å²) in [5, 5.41) is 0. The maximum absolute atomic E-state index is 12.3. The maximum atomic E-state index is 12.3. The Hall–Kier alpha value is -11.5. The van der Waals surface area contributed by atoms with Crippen LogP contribution in [0.25, 0.3) is 0 Å². The van der Waals surface area contributed by atoms with Crippen LogP contribution in [0, 0.1) is 0 Å². The van der Waals surface area contributed by atoms with E-state index in [0.717, 1.165) is 98.0 Å². The predicted octanol–water partition coefficient (Wildman–Crippen LogP) is 22.1. The molecule has 4 aliphatic heterocycles. The third kappa shape index (κ3) is 33.5. The molecule has 4 fully saturated rings. The first-order valence-electron chi connectivity index (χ1n) is 51.9. The SMILES string of the molecule is COC(=O)CCCCCCCCO[C@@H]1O[C@H](CO[C@H]2O[C@H](COCc3ccccc3)[C@@H](OCc3ccccc3)[C@H](OCc3ccccc3)[C@@H]2OCc2ccccc2)[C@@H](OCc2ccccc2)[C@H](O[C@H]2O[C@H](COCc3ccccc3)[C@@H](OCc3ccccc3)[C@H](OCc3ccccc3)[C@@H]2O[C@H]2O[C@H](COCc3ccccc3)[C@@H](OCc3ccccc3)[C@H](OCc3ccccc3)[C@@H]2OCc2ccccc2)[C@@H]1OCc1ccccc1. The average Bonchev–Trinajstić information content (AvgIpc) is 0.753. The summed E-state index contributed by atoms with van der Waals surface area (Å²) in [7, 11) is 1.43. The molecule has 4 heterocycles. The second-order valence-corrected chi connectivity index (χ2v) is 37.6. The smallest absolute Gasteiger partial charge is 0.305 e. The summed E-state index contributed by atoms with van der Waals surface area (Å²) in [6, 6.07) is 130. The number of carbonyl (C=O) groups excluding carboxylic acids is 1. The predicted molar refractivity (Wildman–Crippen MR) is 559 cm³/mol. The molecule has 0 saturated carbocycles. The summed E-state index contributed by atoms with van der Waals surface area (Å²) in [4.78, 5) is 12.3. The molecule has 0 bridgehead atoms. The Kier molecular flexibility index (Phi) is 43.5. The number of ether oxygens (including phenoxy) is 22. The first kappa shape index (κ1) is 108. The second kappa shape index (κ2) is 59.8. The molecule has 0 unspecified atom stereocenters. The van der Waals surface area contributed by atoms with E-state index < -0.39 is 123 Å². The number of unbranched alkanes of at least 4 members (excludes halogenated alkanes) is 5. The second-order valence-electron chi connectivity index (χ2n) is 37.6. The minimum atomic E-state index is -1.57. The van der Waals surface area contributed by atoms with E-state index >= 15 is 0 Å². The number of benzene rings is 13. The van der Waals surface area contributed by atoms with Gasteiger partial charge in [-0.15, -0.1) is 0 Å². The summed E-state index contributed by atoms with van der Waals surface area (Å²) in [5.41, 5.74) is 11.7. The molecule has 23 heteroatoms. The maximum Gasteiger partial charge on any atom is 0.305 e. The highest BCUT2D eigenvalue weighted by Gasteiger charge is 2.59.